The lowest BCUT2D eigenvalue weighted by Crippen LogP contribution is -2.13. The highest BCUT2D eigenvalue weighted by Crippen LogP contribution is 2.54. The molecule has 0 saturated heterocycles. The van der Waals surface area contributed by atoms with Crippen molar-refractivity contribution < 1.29 is 28.7 Å². The first-order chi connectivity index (χ1) is 27.8. The normalized spacial score (nSPS) is 19.9. The van der Waals surface area contributed by atoms with E-state index >= 15 is 0 Å². The third kappa shape index (κ3) is 14.4. The molecule has 328 valence electrons. The van der Waals surface area contributed by atoms with Gasteiger partial charge in [0.05, 0.1) is 52.1 Å². The Morgan fingerprint density at radius 2 is 1.10 bits per heavy atom. The van der Waals surface area contributed by atoms with E-state index in [0.29, 0.717) is 47.6 Å². The van der Waals surface area contributed by atoms with Crippen LogP contribution >= 0.6 is 57.4 Å². The van der Waals surface area contributed by atoms with E-state index in [-0.39, 0.29) is 73.8 Å². The number of hydrogen-bond acceptors (Lipinski definition) is 10. The summed E-state index contributed by atoms with van der Waals surface area (Å²) in [5.74, 6) is 0.265. The minimum atomic E-state index is -0.277. The van der Waals surface area contributed by atoms with Gasteiger partial charge in [-0.2, -0.15) is 0 Å². The standard InChI is InChI=1S/C19H18N4.C9H14O4.C7H8Cl2O2.C6H8N2.CH2ClI.2CH4/c1-12-5-3-7-22-10-16(20-18(12)22)14-9-15(14)17-11-23-8-4-6-13(2)19(23)21-17;1-3-12-8(10)6-5-7(6)9(11)13-4-2;8-2-6(10)4-1-5(4)7(11)3-9;1-5-3-2-4-8-6(5)7;2-1-3;;/h3-8,10-11,14-15H,9H2,1-2H3;6-7H,3-5H2,1-2H3;4-5H,1-3H2;2-4H,1H3,(H2,7,8);1H2;2*1H4. The van der Waals surface area contributed by atoms with Gasteiger partial charge in [-0.1, -0.05) is 55.6 Å². The summed E-state index contributed by atoms with van der Waals surface area (Å²) in [5, 5.41) is 0. The number of rotatable bonds is 10. The number of aromatic nitrogens is 5. The maximum Gasteiger partial charge on any atom is 0.309 e. The van der Waals surface area contributed by atoms with Crippen molar-refractivity contribution in [2.24, 2.45) is 23.7 Å². The van der Waals surface area contributed by atoms with Gasteiger partial charge in [0, 0.05) is 54.7 Å². The Morgan fingerprint density at radius 3 is 1.43 bits per heavy atom. The quantitative estimate of drug-likeness (QED) is 0.0811. The number of anilines is 1. The Labute approximate surface area is 382 Å². The van der Waals surface area contributed by atoms with E-state index in [9.17, 15) is 19.2 Å². The maximum absolute atomic E-state index is 11.1. The molecule has 5 aromatic rings. The lowest BCUT2D eigenvalue weighted by molar-refractivity contribution is -0.150. The summed E-state index contributed by atoms with van der Waals surface area (Å²) >= 11 is 17.7. The van der Waals surface area contributed by atoms with Crippen LogP contribution in [0.4, 0.5) is 5.82 Å². The van der Waals surface area contributed by atoms with Crippen LogP contribution in [0.1, 0.15) is 87.9 Å². The predicted molar refractivity (Wildman–Crippen MR) is 249 cm³/mol. The minimum Gasteiger partial charge on any atom is -0.466 e. The topological polar surface area (TPSA) is 160 Å². The van der Waals surface area contributed by atoms with Crippen molar-refractivity contribution in [3.63, 3.8) is 0 Å². The summed E-state index contributed by atoms with van der Waals surface area (Å²) in [6, 6.07) is 12.2. The fraction of sp³-hybridized carbons (Fsp3) is 0.477. The summed E-state index contributed by atoms with van der Waals surface area (Å²) < 4.78 is 14.5. The number of hydrogen-bond donors (Lipinski definition) is 1. The number of carbonyl (C=O) groups excluding carboxylic acids is 4. The predicted octanol–water partition coefficient (Wildman–Crippen LogP) is 9.72. The van der Waals surface area contributed by atoms with Gasteiger partial charge in [0.25, 0.3) is 0 Å². The van der Waals surface area contributed by atoms with Gasteiger partial charge in [-0.25, -0.2) is 15.0 Å². The number of nitrogens with zero attached hydrogens (tertiary/aromatic N) is 5. The first-order valence-electron chi connectivity index (χ1n) is 19.0. The fourth-order valence-electron chi connectivity index (χ4n) is 6.37. The third-order valence-electron chi connectivity index (χ3n) is 9.84. The SMILES string of the molecule is C.C.CCOC(=O)C1CC1C(=O)OCC.Cc1cccn2cc(C3CC3c3cn4cccc(C)c4n3)nc12.Cc1cccnc1N.ClCI.O=C(CCl)C1CC1C(=O)CCl. The second-order valence-corrected chi connectivity index (χ2v) is 16.5. The zero-order chi connectivity index (χ0) is 42.5. The van der Waals surface area contributed by atoms with E-state index in [1.165, 1.54) is 22.5 Å². The summed E-state index contributed by atoms with van der Waals surface area (Å²) in [6.45, 7) is 10.4. The molecule has 5 aromatic heterocycles. The number of imidazole rings is 2. The number of nitrogens with two attached hydrogens (primary N) is 1. The number of nitrogen functional groups attached to an aromatic ring is 1. The second-order valence-electron chi connectivity index (χ2n) is 14.0. The van der Waals surface area contributed by atoms with Crippen LogP contribution in [0.25, 0.3) is 11.3 Å². The van der Waals surface area contributed by atoms with E-state index in [4.69, 9.17) is 60.0 Å². The van der Waals surface area contributed by atoms with E-state index in [2.05, 4.69) is 99.3 Å². The molecule has 2 N–H and O–H groups in total. The number of halogens is 4. The molecule has 0 aliphatic heterocycles. The van der Waals surface area contributed by atoms with Crippen LogP contribution in [0.5, 0.6) is 0 Å². The molecule has 5 heterocycles. The molecule has 8 rings (SSSR count). The van der Waals surface area contributed by atoms with Gasteiger partial charge in [-0.3, -0.25) is 19.2 Å². The molecule has 3 aliphatic carbocycles. The maximum atomic E-state index is 11.1. The largest absolute Gasteiger partial charge is 0.466 e. The van der Waals surface area contributed by atoms with Crippen LogP contribution in [0.3, 0.4) is 0 Å². The third-order valence-corrected chi connectivity index (χ3v) is 10.4. The molecule has 12 nitrogen and oxygen atoms in total. The van der Waals surface area contributed by atoms with Crippen LogP contribution in [0.15, 0.2) is 67.4 Å². The molecule has 0 spiro atoms. The number of Topliss-reactive ketones (excluding diaryl/α,β-unsaturated/α-hetero) is 2. The molecule has 3 aliphatic rings. The average molecular weight is 1000 g/mol. The molecule has 0 radical (unpaired) electrons. The molecule has 16 heteroatoms. The Hall–Kier alpha value is -3.79. The lowest BCUT2D eigenvalue weighted by atomic mass is 10.2. The van der Waals surface area contributed by atoms with Crippen LogP contribution in [0.2, 0.25) is 0 Å². The molecular weight excluding hydrogens is 942 g/mol. The fourth-order valence-corrected chi connectivity index (χ4v) is 6.77. The summed E-state index contributed by atoms with van der Waals surface area (Å²) in [5.41, 5.74) is 13.4. The van der Waals surface area contributed by atoms with Crippen molar-refractivity contribution in [3.05, 3.63) is 95.5 Å². The molecular formula is C44H58Cl3IN6O6. The number of fused-ring (bicyclic) bond motifs is 2. The Balaban J connectivity index is 0.000000289. The molecule has 0 aromatic carbocycles. The van der Waals surface area contributed by atoms with Gasteiger partial charge in [0.2, 0.25) is 0 Å². The highest BCUT2D eigenvalue weighted by Gasteiger charge is 2.50. The highest BCUT2D eigenvalue weighted by atomic mass is 127. The zero-order valence-electron chi connectivity index (χ0n) is 33.2. The molecule has 3 fully saturated rings. The number of esters is 2. The zero-order valence-corrected chi connectivity index (χ0v) is 37.7. The van der Waals surface area contributed by atoms with Gasteiger partial charge < -0.3 is 24.0 Å². The smallest absolute Gasteiger partial charge is 0.309 e. The summed E-state index contributed by atoms with van der Waals surface area (Å²) in [7, 11) is 0. The Morgan fingerprint density at radius 1 is 0.700 bits per heavy atom. The Bertz CT molecular complexity index is 2030. The van der Waals surface area contributed by atoms with Crippen molar-refractivity contribution in [1.29, 1.82) is 0 Å². The van der Waals surface area contributed by atoms with Crippen molar-refractivity contribution >= 4 is 98.0 Å². The second kappa shape index (κ2) is 25.2. The van der Waals surface area contributed by atoms with Crippen molar-refractivity contribution in [3.8, 4) is 0 Å². The molecule has 60 heavy (non-hydrogen) atoms. The average Bonchev–Trinajstić information content (AvgIpc) is 4.17. The van der Waals surface area contributed by atoms with Gasteiger partial charge in [0.1, 0.15) is 17.1 Å². The van der Waals surface area contributed by atoms with Crippen LogP contribution < -0.4 is 5.73 Å². The molecule has 6 atom stereocenters. The number of alkyl halides is 4. The van der Waals surface area contributed by atoms with Crippen molar-refractivity contribution in [2.75, 3.05) is 34.6 Å². The van der Waals surface area contributed by atoms with E-state index in [1.54, 1.807) is 20.0 Å². The van der Waals surface area contributed by atoms with Crippen LogP contribution in [-0.4, -0.2) is 76.1 Å². The van der Waals surface area contributed by atoms with Crippen molar-refractivity contribution in [1.82, 2.24) is 23.8 Å². The number of ketones is 2. The van der Waals surface area contributed by atoms with Crippen molar-refractivity contribution in [2.45, 2.75) is 80.6 Å². The number of aryl methyl sites for hydroxylation is 3. The summed E-state index contributed by atoms with van der Waals surface area (Å²) in [6.07, 6.45) is 12.6. The summed E-state index contributed by atoms with van der Waals surface area (Å²) in [4.78, 5) is 57.5. The number of carbonyl (C=O) groups is 4. The number of ether oxygens (including phenoxy) is 2. The monoisotopic (exact) mass is 998 g/mol. The van der Waals surface area contributed by atoms with Gasteiger partial charge in [0.15, 0.2) is 11.6 Å². The minimum absolute atomic E-state index is 0. The first-order valence-corrected chi connectivity index (χ1v) is 22.1. The van der Waals surface area contributed by atoms with Crippen LogP contribution in [-0.2, 0) is 28.7 Å². The van der Waals surface area contributed by atoms with E-state index < -0.39 is 0 Å². The van der Waals surface area contributed by atoms with Crippen LogP contribution in [0, 0.1) is 44.4 Å². The highest BCUT2D eigenvalue weighted by molar-refractivity contribution is 14.1. The molecule has 0 bridgehead atoms. The molecule has 0 amide bonds. The Kier molecular flexibility index (Phi) is 22.0. The van der Waals surface area contributed by atoms with E-state index in [1.807, 2.05) is 19.1 Å². The van der Waals surface area contributed by atoms with Gasteiger partial charge >= 0.3 is 11.9 Å². The lowest BCUT2D eigenvalue weighted by Gasteiger charge is -2.00. The molecule has 3 saturated carbocycles. The van der Waals surface area contributed by atoms with Gasteiger partial charge in [-0.05, 0) is 88.8 Å². The van der Waals surface area contributed by atoms with Gasteiger partial charge in [-0.15, -0.1) is 34.8 Å². The number of pyridine rings is 3. The molecule has 6 unspecified atom stereocenters. The first kappa shape index (κ1) is 52.3. The van der Waals surface area contributed by atoms with E-state index in [0.717, 1.165) is 23.3 Å².